The van der Waals surface area contributed by atoms with Gasteiger partial charge in [0.05, 0.1) is 19.1 Å². The zero-order valence-electron chi connectivity index (χ0n) is 15.2. The van der Waals surface area contributed by atoms with Crippen molar-refractivity contribution in [3.05, 3.63) is 28.6 Å². The molecule has 0 aliphatic rings. The van der Waals surface area contributed by atoms with Crippen LogP contribution in [0.5, 0.6) is 17.2 Å². The molecule has 0 saturated heterocycles. The van der Waals surface area contributed by atoms with Crippen LogP contribution in [0, 0.1) is 0 Å². The number of phenolic OH excluding ortho intramolecular Hbond substituents is 1. The van der Waals surface area contributed by atoms with Crippen LogP contribution in [0.1, 0.15) is 58.3 Å². The number of benzene rings is 1. The summed E-state index contributed by atoms with van der Waals surface area (Å²) in [6, 6.07) is 4.60. The molecule has 0 unspecified atom stereocenters. The van der Waals surface area contributed by atoms with E-state index in [0.717, 1.165) is 12.8 Å². The summed E-state index contributed by atoms with van der Waals surface area (Å²) in [5.74, 6) is 0.490. The highest BCUT2D eigenvalue weighted by Gasteiger charge is 2.17. The Labute approximate surface area is 148 Å². The lowest BCUT2D eigenvalue weighted by Gasteiger charge is -2.12. The van der Waals surface area contributed by atoms with Crippen LogP contribution in [0.4, 0.5) is 0 Å². The summed E-state index contributed by atoms with van der Waals surface area (Å²) in [6.45, 7) is 2.74. The minimum Gasteiger partial charge on any atom is -0.508 e. The van der Waals surface area contributed by atoms with E-state index >= 15 is 0 Å². The van der Waals surface area contributed by atoms with Crippen molar-refractivity contribution in [3.8, 4) is 17.2 Å². The molecule has 1 aromatic heterocycles. The van der Waals surface area contributed by atoms with Gasteiger partial charge in [-0.15, -0.1) is 0 Å². The molecule has 138 valence electrons. The average Bonchev–Trinajstić information content (AvgIpc) is 2.59. The Kier molecular flexibility index (Phi) is 7.64. The van der Waals surface area contributed by atoms with Crippen LogP contribution in [0.25, 0.3) is 11.0 Å². The van der Waals surface area contributed by atoms with Gasteiger partial charge in [-0.25, -0.2) is 4.79 Å². The van der Waals surface area contributed by atoms with Gasteiger partial charge in [0.1, 0.15) is 11.3 Å². The highest BCUT2D eigenvalue weighted by molar-refractivity contribution is 5.86. The van der Waals surface area contributed by atoms with Gasteiger partial charge in [-0.1, -0.05) is 51.9 Å². The van der Waals surface area contributed by atoms with E-state index < -0.39 is 5.63 Å². The quantitative estimate of drug-likeness (QED) is 0.456. The molecule has 2 aromatic rings. The van der Waals surface area contributed by atoms with Gasteiger partial charge in [0.25, 0.3) is 0 Å². The SMILES string of the molecule is CCCCCCCCCCOc1c(OC)c(=O)oc2cc(O)ccc12. The number of aromatic hydroxyl groups is 1. The first-order valence-corrected chi connectivity index (χ1v) is 9.14. The highest BCUT2D eigenvalue weighted by atomic mass is 16.5. The van der Waals surface area contributed by atoms with E-state index in [0.29, 0.717) is 17.7 Å². The molecular weight excluding hydrogens is 320 g/mol. The highest BCUT2D eigenvalue weighted by Crippen LogP contribution is 2.34. The van der Waals surface area contributed by atoms with Crippen molar-refractivity contribution in [2.75, 3.05) is 13.7 Å². The maximum absolute atomic E-state index is 12.0. The molecule has 0 spiro atoms. The van der Waals surface area contributed by atoms with Gasteiger partial charge in [0.2, 0.25) is 5.75 Å². The Morgan fingerprint density at radius 2 is 1.68 bits per heavy atom. The van der Waals surface area contributed by atoms with Gasteiger partial charge in [-0.05, 0) is 18.6 Å². The second-order valence-electron chi connectivity index (χ2n) is 6.26. The number of unbranched alkanes of at least 4 members (excludes halogenated alkanes) is 7. The van der Waals surface area contributed by atoms with Gasteiger partial charge in [-0.2, -0.15) is 0 Å². The molecule has 0 aliphatic heterocycles. The van der Waals surface area contributed by atoms with E-state index in [1.54, 1.807) is 6.07 Å². The van der Waals surface area contributed by atoms with Crippen molar-refractivity contribution in [1.82, 2.24) is 0 Å². The Bertz CT molecular complexity index is 720. The Morgan fingerprint density at radius 3 is 2.36 bits per heavy atom. The third kappa shape index (κ3) is 5.41. The lowest BCUT2D eigenvalue weighted by Crippen LogP contribution is -2.08. The monoisotopic (exact) mass is 348 g/mol. The molecule has 0 aliphatic carbocycles. The summed E-state index contributed by atoms with van der Waals surface area (Å²) in [4.78, 5) is 12.0. The van der Waals surface area contributed by atoms with Crippen LogP contribution in [-0.4, -0.2) is 18.8 Å². The normalized spacial score (nSPS) is 11.0. The van der Waals surface area contributed by atoms with Crippen molar-refractivity contribution < 1.29 is 19.0 Å². The summed E-state index contributed by atoms with van der Waals surface area (Å²) < 4.78 is 16.2. The van der Waals surface area contributed by atoms with Crippen LogP contribution in [0.3, 0.4) is 0 Å². The standard InChI is InChI=1S/C20H28O5/c1-3-4-5-6-7-8-9-10-13-24-18-16-12-11-15(21)14-17(16)25-20(22)19(18)23-2/h11-12,14,21H,3-10,13H2,1-2H3. The van der Waals surface area contributed by atoms with Crippen molar-refractivity contribution in [1.29, 1.82) is 0 Å². The Morgan fingerprint density at radius 1 is 1.00 bits per heavy atom. The number of rotatable bonds is 11. The second kappa shape index (κ2) is 9.97. The van der Waals surface area contributed by atoms with Crippen LogP contribution in [0.15, 0.2) is 27.4 Å². The number of methoxy groups -OCH3 is 1. The second-order valence-corrected chi connectivity index (χ2v) is 6.26. The maximum atomic E-state index is 12.0. The number of hydrogen-bond acceptors (Lipinski definition) is 5. The fourth-order valence-electron chi connectivity index (χ4n) is 2.87. The van der Waals surface area contributed by atoms with Crippen molar-refractivity contribution in [3.63, 3.8) is 0 Å². The number of ether oxygens (including phenoxy) is 2. The summed E-state index contributed by atoms with van der Waals surface area (Å²) in [5.41, 5.74) is -0.316. The zero-order chi connectivity index (χ0) is 18.1. The molecule has 1 heterocycles. The molecule has 0 amide bonds. The predicted molar refractivity (Wildman–Crippen MR) is 98.8 cm³/mol. The zero-order valence-corrected chi connectivity index (χ0v) is 15.2. The van der Waals surface area contributed by atoms with Crippen LogP contribution >= 0.6 is 0 Å². The molecule has 5 nitrogen and oxygen atoms in total. The average molecular weight is 348 g/mol. The first-order valence-electron chi connectivity index (χ1n) is 9.14. The summed E-state index contributed by atoms with van der Waals surface area (Å²) in [6.07, 6.45) is 9.72. The van der Waals surface area contributed by atoms with Crippen LogP contribution in [0.2, 0.25) is 0 Å². The van der Waals surface area contributed by atoms with E-state index in [9.17, 15) is 9.90 Å². The molecule has 0 atom stereocenters. The molecule has 1 N–H and O–H groups in total. The smallest absolute Gasteiger partial charge is 0.383 e. The Hall–Kier alpha value is -2.17. The minimum absolute atomic E-state index is 0.0369. The topological polar surface area (TPSA) is 68.9 Å². The lowest BCUT2D eigenvalue weighted by molar-refractivity contribution is 0.280. The first kappa shape index (κ1) is 19.2. The minimum atomic E-state index is -0.605. The third-order valence-corrected chi connectivity index (χ3v) is 4.25. The van der Waals surface area contributed by atoms with E-state index in [2.05, 4.69) is 6.92 Å². The number of phenols is 1. The van der Waals surface area contributed by atoms with Gasteiger partial charge >= 0.3 is 5.63 Å². The summed E-state index contributed by atoms with van der Waals surface area (Å²) in [5, 5.41) is 10.2. The maximum Gasteiger partial charge on any atom is 0.383 e. The number of hydrogen-bond donors (Lipinski definition) is 1. The fraction of sp³-hybridized carbons (Fsp3) is 0.550. The lowest BCUT2D eigenvalue weighted by atomic mass is 10.1. The predicted octanol–water partition coefficient (Wildman–Crippen LogP) is 5.03. The molecular formula is C20H28O5. The molecule has 0 radical (unpaired) electrons. The Balaban J connectivity index is 1.92. The van der Waals surface area contributed by atoms with E-state index in [1.807, 2.05) is 0 Å². The van der Waals surface area contributed by atoms with Crippen LogP contribution in [-0.2, 0) is 0 Å². The van der Waals surface area contributed by atoms with Crippen molar-refractivity contribution in [2.45, 2.75) is 58.3 Å². The summed E-state index contributed by atoms with van der Waals surface area (Å²) >= 11 is 0. The molecule has 0 bridgehead atoms. The summed E-state index contributed by atoms with van der Waals surface area (Å²) in [7, 11) is 1.42. The van der Waals surface area contributed by atoms with E-state index in [1.165, 1.54) is 57.8 Å². The van der Waals surface area contributed by atoms with Gasteiger partial charge in [0, 0.05) is 6.07 Å². The molecule has 1 aromatic carbocycles. The molecule has 0 fully saturated rings. The molecule has 2 rings (SSSR count). The fourth-order valence-corrected chi connectivity index (χ4v) is 2.87. The van der Waals surface area contributed by atoms with Gasteiger partial charge in [0.15, 0.2) is 5.75 Å². The molecule has 25 heavy (non-hydrogen) atoms. The third-order valence-electron chi connectivity index (χ3n) is 4.25. The van der Waals surface area contributed by atoms with E-state index in [4.69, 9.17) is 13.9 Å². The van der Waals surface area contributed by atoms with E-state index in [-0.39, 0.29) is 17.1 Å². The molecule has 0 saturated carbocycles. The van der Waals surface area contributed by atoms with Gasteiger partial charge in [-0.3, -0.25) is 0 Å². The van der Waals surface area contributed by atoms with Gasteiger partial charge < -0.3 is 19.0 Å². The largest absolute Gasteiger partial charge is 0.508 e. The molecule has 5 heteroatoms. The van der Waals surface area contributed by atoms with Crippen molar-refractivity contribution >= 4 is 11.0 Å². The number of fused-ring (bicyclic) bond motifs is 1. The van der Waals surface area contributed by atoms with Crippen molar-refractivity contribution in [2.24, 2.45) is 0 Å². The van der Waals surface area contributed by atoms with Crippen LogP contribution < -0.4 is 15.1 Å². The first-order chi connectivity index (χ1) is 12.2.